The molecule has 0 unspecified atom stereocenters. The Balaban J connectivity index is 2.43. The van der Waals surface area contributed by atoms with E-state index in [0.717, 1.165) is 12.0 Å². The van der Waals surface area contributed by atoms with Crippen molar-refractivity contribution >= 4 is 23.4 Å². The fourth-order valence-corrected chi connectivity index (χ4v) is 1.51. The van der Waals surface area contributed by atoms with Gasteiger partial charge >= 0.3 is 11.8 Å². The van der Waals surface area contributed by atoms with Crippen molar-refractivity contribution in [3.05, 3.63) is 34.9 Å². The van der Waals surface area contributed by atoms with Gasteiger partial charge in [-0.15, -0.1) is 0 Å². The number of rotatable bonds is 4. The van der Waals surface area contributed by atoms with Crippen LogP contribution in [-0.4, -0.2) is 17.9 Å². The average molecular weight is 269 g/mol. The molecular formula is C13H17ClN2O2. The zero-order valence-corrected chi connectivity index (χ0v) is 11.3. The maximum absolute atomic E-state index is 11.5. The van der Waals surface area contributed by atoms with Gasteiger partial charge in [-0.1, -0.05) is 30.7 Å². The lowest BCUT2D eigenvalue weighted by atomic mass is 10.2. The molecule has 0 aliphatic carbocycles. The molecule has 0 aromatic heterocycles. The molecule has 0 heterocycles. The molecule has 0 radical (unpaired) electrons. The van der Waals surface area contributed by atoms with Gasteiger partial charge in [0.2, 0.25) is 0 Å². The number of hydrogen-bond acceptors (Lipinski definition) is 2. The number of nitrogens with one attached hydrogen (secondary N) is 2. The van der Waals surface area contributed by atoms with Crippen LogP contribution < -0.4 is 10.6 Å². The summed E-state index contributed by atoms with van der Waals surface area (Å²) in [6, 6.07) is 7.12. The zero-order valence-electron chi connectivity index (χ0n) is 10.5. The van der Waals surface area contributed by atoms with Gasteiger partial charge in [0.1, 0.15) is 0 Å². The van der Waals surface area contributed by atoms with Crippen LogP contribution in [0, 0.1) is 0 Å². The van der Waals surface area contributed by atoms with E-state index in [4.69, 9.17) is 11.6 Å². The molecule has 0 fully saturated rings. The number of amides is 2. The SMILES string of the molecule is CC[C@@H](C)NC(=O)C(=O)NCc1cccc(Cl)c1. The van der Waals surface area contributed by atoms with E-state index in [2.05, 4.69) is 10.6 Å². The van der Waals surface area contributed by atoms with E-state index in [-0.39, 0.29) is 12.6 Å². The van der Waals surface area contributed by atoms with Crippen LogP contribution in [0.25, 0.3) is 0 Å². The molecule has 2 N–H and O–H groups in total. The molecule has 0 saturated carbocycles. The van der Waals surface area contributed by atoms with Crippen molar-refractivity contribution in [1.29, 1.82) is 0 Å². The molecule has 4 nitrogen and oxygen atoms in total. The molecule has 1 rings (SSSR count). The Morgan fingerprint density at radius 1 is 1.33 bits per heavy atom. The first kappa shape index (κ1) is 14.5. The van der Waals surface area contributed by atoms with Crippen molar-refractivity contribution in [2.75, 3.05) is 0 Å². The Kier molecular flexibility index (Phi) is 5.65. The largest absolute Gasteiger partial charge is 0.345 e. The third kappa shape index (κ3) is 4.75. The predicted octanol–water partition coefficient (Wildman–Crippen LogP) is 1.87. The summed E-state index contributed by atoms with van der Waals surface area (Å²) in [4.78, 5) is 22.9. The van der Waals surface area contributed by atoms with Crippen molar-refractivity contribution in [1.82, 2.24) is 10.6 Å². The van der Waals surface area contributed by atoms with Gasteiger partial charge in [0, 0.05) is 17.6 Å². The lowest BCUT2D eigenvalue weighted by Gasteiger charge is -2.11. The van der Waals surface area contributed by atoms with E-state index >= 15 is 0 Å². The molecule has 1 aromatic rings. The first-order valence-corrected chi connectivity index (χ1v) is 6.24. The van der Waals surface area contributed by atoms with E-state index in [0.29, 0.717) is 5.02 Å². The maximum atomic E-state index is 11.5. The quantitative estimate of drug-likeness (QED) is 0.819. The van der Waals surface area contributed by atoms with Crippen molar-refractivity contribution in [3.63, 3.8) is 0 Å². The second-order valence-electron chi connectivity index (χ2n) is 4.10. The number of carbonyl (C=O) groups is 2. The minimum absolute atomic E-state index is 0.00517. The molecule has 18 heavy (non-hydrogen) atoms. The van der Waals surface area contributed by atoms with Gasteiger partial charge in [0.25, 0.3) is 0 Å². The average Bonchev–Trinajstić information content (AvgIpc) is 2.35. The highest BCUT2D eigenvalue weighted by Crippen LogP contribution is 2.10. The fourth-order valence-electron chi connectivity index (χ4n) is 1.30. The number of carbonyl (C=O) groups excluding carboxylic acids is 2. The van der Waals surface area contributed by atoms with E-state index in [1.807, 2.05) is 19.9 Å². The van der Waals surface area contributed by atoms with Crippen LogP contribution in [-0.2, 0) is 16.1 Å². The molecule has 0 saturated heterocycles. The molecule has 1 atom stereocenters. The summed E-state index contributed by atoms with van der Waals surface area (Å²) in [5, 5.41) is 5.75. The molecule has 0 aliphatic heterocycles. The Hall–Kier alpha value is -1.55. The highest BCUT2D eigenvalue weighted by molar-refractivity contribution is 6.35. The van der Waals surface area contributed by atoms with Gasteiger partial charge in [-0.2, -0.15) is 0 Å². The van der Waals surface area contributed by atoms with Crippen LogP contribution in [0.2, 0.25) is 5.02 Å². The second-order valence-corrected chi connectivity index (χ2v) is 4.53. The van der Waals surface area contributed by atoms with Gasteiger partial charge in [0.05, 0.1) is 0 Å². The fraction of sp³-hybridized carbons (Fsp3) is 0.385. The summed E-state index contributed by atoms with van der Waals surface area (Å²) >= 11 is 5.82. The smallest absolute Gasteiger partial charge is 0.309 e. The van der Waals surface area contributed by atoms with Crippen LogP contribution in [0.15, 0.2) is 24.3 Å². The van der Waals surface area contributed by atoms with Crippen LogP contribution in [0.4, 0.5) is 0 Å². The Morgan fingerprint density at radius 2 is 2.06 bits per heavy atom. The number of halogens is 1. The van der Waals surface area contributed by atoms with E-state index < -0.39 is 11.8 Å². The minimum Gasteiger partial charge on any atom is -0.345 e. The number of benzene rings is 1. The Bertz CT molecular complexity index is 435. The molecule has 98 valence electrons. The molecule has 0 bridgehead atoms. The van der Waals surface area contributed by atoms with Gasteiger partial charge in [-0.3, -0.25) is 9.59 Å². The summed E-state index contributed by atoms with van der Waals surface area (Å²) in [5.74, 6) is -1.23. The molecule has 0 aliphatic rings. The van der Waals surface area contributed by atoms with E-state index in [9.17, 15) is 9.59 Å². The first-order valence-electron chi connectivity index (χ1n) is 5.86. The third-order valence-electron chi connectivity index (χ3n) is 2.54. The predicted molar refractivity (Wildman–Crippen MR) is 71.2 cm³/mol. The topological polar surface area (TPSA) is 58.2 Å². The van der Waals surface area contributed by atoms with Crippen LogP contribution in [0.1, 0.15) is 25.8 Å². The second kappa shape index (κ2) is 7.01. The minimum atomic E-state index is -0.629. The molecular weight excluding hydrogens is 252 g/mol. The Labute approximate surface area is 112 Å². The molecule has 0 spiro atoms. The standard InChI is InChI=1S/C13H17ClN2O2/c1-3-9(2)16-13(18)12(17)15-8-10-5-4-6-11(14)7-10/h4-7,9H,3,8H2,1-2H3,(H,15,17)(H,16,18)/t9-/m1/s1. The van der Waals surface area contributed by atoms with Gasteiger partial charge < -0.3 is 10.6 Å². The monoisotopic (exact) mass is 268 g/mol. The first-order chi connectivity index (χ1) is 8.52. The maximum Gasteiger partial charge on any atom is 0.309 e. The van der Waals surface area contributed by atoms with Gasteiger partial charge in [-0.05, 0) is 31.0 Å². The summed E-state index contributed by atoms with van der Waals surface area (Å²) in [5.41, 5.74) is 0.854. The number of hydrogen-bond donors (Lipinski definition) is 2. The summed E-state index contributed by atoms with van der Waals surface area (Å²) in [6.45, 7) is 4.07. The van der Waals surface area contributed by atoms with Crippen molar-refractivity contribution in [2.45, 2.75) is 32.9 Å². The van der Waals surface area contributed by atoms with Gasteiger partial charge in [-0.25, -0.2) is 0 Å². The zero-order chi connectivity index (χ0) is 13.5. The van der Waals surface area contributed by atoms with E-state index in [1.54, 1.807) is 18.2 Å². The lowest BCUT2D eigenvalue weighted by molar-refractivity contribution is -0.139. The highest BCUT2D eigenvalue weighted by atomic mass is 35.5. The summed E-state index contributed by atoms with van der Waals surface area (Å²) in [6.07, 6.45) is 0.785. The van der Waals surface area contributed by atoms with Crippen LogP contribution in [0.5, 0.6) is 0 Å². The summed E-state index contributed by atoms with van der Waals surface area (Å²) in [7, 11) is 0. The van der Waals surface area contributed by atoms with Crippen molar-refractivity contribution in [2.24, 2.45) is 0 Å². The Morgan fingerprint density at radius 3 is 2.67 bits per heavy atom. The van der Waals surface area contributed by atoms with Crippen LogP contribution >= 0.6 is 11.6 Å². The third-order valence-corrected chi connectivity index (χ3v) is 2.77. The molecule has 2 amide bonds. The van der Waals surface area contributed by atoms with Crippen LogP contribution in [0.3, 0.4) is 0 Å². The normalized spacial score (nSPS) is 11.7. The van der Waals surface area contributed by atoms with E-state index in [1.165, 1.54) is 0 Å². The molecule has 5 heteroatoms. The highest BCUT2D eigenvalue weighted by Gasteiger charge is 2.14. The van der Waals surface area contributed by atoms with Gasteiger partial charge in [0.15, 0.2) is 0 Å². The lowest BCUT2D eigenvalue weighted by Crippen LogP contribution is -2.43. The molecule has 1 aromatic carbocycles. The van der Waals surface area contributed by atoms with Crippen molar-refractivity contribution < 1.29 is 9.59 Å². The summed E-state index contributed by atoms with van der Waals surface area (Å²) < 4.78 is 0. The van der Waals surface area contributed by atoms with Crippen molar-refractivity contribution in [3.8, 4) is 0 Å².